The minimum Gasteiger partial charge on any atom is -0.549 e. The fourth-order valence-corrected chi connectivity index (χ4v) is 1.22. The maximum Gasteiger partial charge on any atom is 3.00 e. The quantitative estimate of drug-likeness (QED) is 0.200. The second-order valence-corrected chi connectivity index (χ2v) is 5.07. The number of ketones is 5. The van der Waals surface area contributed by atoms with Gasteiger partial charge in [-0.1, -0.05) is 6.92 Å². The van der Waals surface area contributed by atoms with Gasteiger partial charge in [-0.25, -0.2) is 0 Å². The van der Waals surface area contributed by atoms with E-state index >= 15 is 0 Å². The van der Waals surface area contributed by atoms with Crippen LogP contribution in [0.5, 0.6) is 0 Å². The largest absolute Gasteiger partial charge is 3.00 e. The Hall–Kier alpha value is -2.71. The number of carbonyl (C=O) groups excluding carboxylic acids is 8. The van der Waals surface area contributed by atoms with Gasteiger partial charge < -0.3 is 29.7 Å². The number of hydrogen-bond acceptors (Lipinski definition) is 11. The summed E-state index contributed by atoms with van der Waals surface area (Å²) in [6.45, 7) is 5.17. The molecule has 152 valence electrons. The van der Waals surface area contributed by atoms with Crippen molar-refractivity contribution in [3.63, 3.8) is 0 Å². The molecule has 0 aromatic heterocycles. The van der Waals surface area contributed by atoms with Crippen molar-refractivity contribution in [3.8, 4) is 0 Å². The van der Waals surface area contributed by atoms with Crippen LogP contribution in [0.1, 0.15) is 47.0 Å². The first-order valence-electron chi connectivity index (χ1n) is 7.35. The summed E-state index contributed by atoms with van der Waals surface area (Å²) in [5.74, 6) is -9.39. The number of aliphatic carboxylic acids is 3. The Bertz CT molecular complexity index is 570. The topological polar surface area (TPSA) is 206 Å². The molecular formula is C16H19AlO11. The van der Waals surface area contributed by atoms with Gasteiger partial charge in [0, 0.05) is 0 Å². The zero-order valence-electron chi connectivity index (χ0n) is 15.8. The van der Waals surface area contributed by atoms with Crippen molar-refractivity contribution < 1.29 is 53.7 Å². The maximum absolute atomic E-state index is 10.4. The first-order chi connectivity index (χ1) is 12.2. The molecule has 11 nitrogen and oxygen atoms in total. The Morgan fingerprint density at radius 3 is 1.00 bits per heavy atom. The molecular weight excluding hydrogens is 395 g/mol. The summed E-state index contributed by atoms with van der Waals surface area (Å²) in [4.78, 5) is 79.9. The number of carboxylic acid groups (broad SMARTS) is 3. The van der Waals surface area contributed by atoms with Crippen LogP contribution in [0.2, 0.25) is 0 Å². The van der Waals surface area contributed by atoms with E-state index < -0.39 is 59.8 Å². The molecule has 0 amide bonds. The van der Waals surface area contributed by atoms with Crippen LogP contribution < -0.4 is 15.3 Å². The Labute approximate surface area is 171 Å². The van der Waals surface area contributed by atoms with Crippen LogP contribution in [-0.2, 0) is 38.4 Å². The molecule has 0 aliphatic carbocycles. The molecule has 0 radical (unpaired) electrons. The molecule has 0 rings (SSSR count). The summed E-state index contributed by atoms with van der Waals surface area (Å²) in [6, 6.07) is 0. The van der Waals surface area contributed by atoms with Gasteiger partial charge in [0.2, 0.25) is 0 Å². The monoisotopic (exact) mass is 414 g/mol. The third kappa shape index (κ3) is 21.3. The molecule has 0 aliphatic rings. The third-order valence-corrected chi connectivity index (χ3v) is 2.46. The van der Waals surface area contributed by atoms with Crippen molar-refractivity contribution in [1.29, 1.82) is 0 Å². The average molecular weight is 414 g/mol. The number of rotatable bonds is 9. The summed E-state index contributed by atoms with van der Waals surface area (Å²) in [5, 5.41) is 29.3. The predicted octanol–water partition coefficient (Wildman–Crippen LogP) is -4.46. The van der Waals surface area contributed by atoms with Crippen molar-refractivity contribution in [2.45, 2.75) is 47.0 Å². The second kappa shape index (κ2) is 17.7. The zero-order chi connectivity index (χ0) is 22.3. The molecule has 0 bridgehead atoms. The van der Waals surface area contributed by atoms with Crippen molar-refractivity contribution >= 4 is 64.2 Å². The van der Waals surface area contributed by atoms with E-state index in [0.717, 1.165) is 13.8 Å². The molecule has 0 fully saturated rings. The predicted molar refractivity (Wildman–Crippen MR) is 85.8 cm³/mol. The van der Waals surface area contributed by atoms with Crippen LogP contribution in [0.4, 0.5) is 0 Å². The molecule has 12 heteroatoms. The van der Waals surface area contributed by atoms with Crippen LogP contribution in [0.25, 0.3) is 0 Å². The van der Waals surface area contributed by atoms with Crippen LogP contribution >= 0.6 is 0 Å². The SMILES string of the molecule is CC(=O)CC(=O)C(=O)[O-].CC(=O)CC(=O)C(=O)[O-].CCC(C(C)=O)C(=O)[O-].[Al+3]. The molecule has 0 N–H and O–H groups in total. The van der Waals surface area contributed by atoms with Gasteiger partial charge in [-0.15, -0.1) is 0 Å². The van der Waals surface area contributed by atoms with Crippen LogP contribution in [-0.4, -0.2) is 64.2 Å². The van der Waals surface area contributed by atoms with E-state index in [2.05, 4.69) is 0 Å². The average Bonchev–Trinajstić information content (AvgIpc) is 2.46. The van der Waals surface area contributed by atoms with E-state index in [1.54, 1.807) is 6.92 Å². The molecule has 28 heavy (non-hydrogen) atoms. The number of carboxylic acids is 3. The number of carbonyl (C=O) groups is 8. The van der Waals surface area contributed by atoms with E-state index in [1.807, 2.05) is 0 Å². The van der Waals surface area contributed by atoms with Gasteiger partial charge >= 0.3 is 17.4 Å². The summed E-state index contributed by atoms with van der Waals surface area (Å²) in [5.41, 5.74) is 0. The molecule has 0 saturated carbocycles. The molecule has 0 saturated heterocycles. The van der Waals surface area contributed by atoms with Crippen LogP contribution in [0.3, 0.4) is 0 Å². The second-order valence-electron chi connectivity index (χ2n) is 5.07. The number of hydrogen-bond donors (Lipinski definition) is 0. The molecule has 0 heterocycles. The van der Waals surface area contributed by atoms with E-state index in [0.29, 0.717) is 6.42 Å². The van der Waals surface area contributed by atoms with Gasteiger partial charge in [-0.2, -0.15) is 0 Å². The fraction of sp³-hybridized carbons (Fsp3) is 0.500. The third-order valence-electron chi connectivity index (χ3n) is 2.46. The number of Topliss-reactive ketones (excluding diaryl/α,β-unsaturated/α-hetero) is 5. The molecule has 1 unspecified atom stereocenters. The Morgan fingerprint density at radius 1 is 0.679 bits per heavy atom. The normalized spacial score (nSPS) is 9.57. The molecule has 0 spiro atoms. The van der Waals surface area contributed by atoms with E-state index in [9.17, 15) is 53.7 Å². The van der Waals surface area contributed by atoms with Gasteiger partial charge in [0.05, 0.1) is 24.7 Å². The van der Waals surface area contributed by atoms with Crippen molar-refractivity contribution in [2.24, 2.45) is 5.92 Å². The summed E-state index contributed by atoms with van der Waals surface area (Å²) in [6.07, 6.45) is -0.817. The van der Waals surface area contributed by atoms with Gasteiger partial charge in [0.15, 0.2) is 11.6 Å². The molecule has 1 atom stereocenters. The van der Waals surface area contributed by atoms with Crippen LogP contribution in [0.15, 0.2) is 0 Å². The fourth-order valence-electron chi connectivity index (χ4n) is 1.22. The van der Waals surface area contributed by atoms with Gasteiger partial charge in [-0.05, 0) is 27.2 Å². The van der Waals surface area contributed by atoms with Crippen molar-refractivity contribution in [2.75, 3.05) is 0 Å². The van der Waals surface area contributed by atoms with E-state index in [4.69, 9.17) is 0 Å². The Morgan fingerprint density at radius 2 is 0.964 bits per heavy atom. The van der Waals surface area contributed by atoms with Crippen LogP contribution in [0, 0.1) is 5.92 Å². The van der Waals surface area contributed by atoms with Gasteiger partial charge in [-0.3, -0.25) is 24.0 Å². The summed E-state index contributed by atoms with van der Waals surface area (Å²) >= 11 is 0. The Kier molecular flexibility index (Phi) is 20.8. The zero-order valence-corrected chi connectivity index (χ0v) is 16.9. The first kappa shape index (κ1) is 32.9. The van der Waals surface area contributed by atoms with Gasteiger partial charge in [0.25, 0.3) is 0 Å². The molecule has 0 aromatic rings. The van der Waals surface area contributed by atoms with E-state index in [-0.39, 0.29) is 23.1 Å². The summed E-state index contributed by atoms with van der Waals surface area (Å²) < 4.78 is 0. The van der Waals surface area contributed by atoms with Crippen molar-refractivity contribution in [3.05, 3.63) is 0 Å². The minimum absolute atomic E-state index is 0. The molecule has 0 aliphatic heterocycles. The van der Waals surface area contributed by atoms with Gasteiger partial charge in [0.1, 0.15) is 29.3 Å². The summed E-state index contributed by atoms with van der Waals surface area (Å²) in [7, 11) is 0. The van der Waals surface area contributed by atoms with E-state index in [1.165, 1.54) is 6.92 Å². The smallest absolute Gasteiger partial charge is 0.549 e. The maximum atomic E-state index is 10.4. The minimum atomic E-state index is -1.80. The standard InChI is InChI=1S/C6H10O3.2C5H6O4.Al/c1-3-5(4(2)7)6(8)9;2*1-3(6)2-4(7)5(8)9;/h5H,3H2,1-2H3,(H,8,9);2*2H2,1H3,(H,8,9);/q;;;+3/p-3. The molecule has 0 aromatic carbocycles. The first-order valence-corrected chi connectivity index (χ1v) is 7.35. The Balaban J connectivity index is -0.000000152. The van der Waals surface area contributed by atoms with Crippen molar-refractivity contribution in [1.82, 2.24) is 0 Å².